The summed E-state index contributed by atoms with van der Waals surface area (Å²) in [5, 5.41) is 11.8. The zero-order chi connectivity index (χ0) is 14.1. The first kappa shape index (κ1) is 14.9. The Balaban J connectivity index is 2.38. The number of hydrogen-bond acceptors (Lipinski definition) is 3. The molecule has 0 saturated heterocycles. The second-order valence-corrected chi connectivity index (χ2v) is 4.12. The summed E-state index contributed by atoms with van der Waals surface area (Å²) in [7, 11) is 0. The van der Waals surface area contributed by atoms with Gasteiger partial charge in [-0.1, -0.05) is 42.5 Å². The molecule has 0 unspecified atom stereocenters. The van der Waals surface area contributed by atoms with E-state index in [0.29, 0.717) is 6.54 Å². The van der Waals surface area contributed by atoms with Crippen molar-refractivity contribution in [3.8, 4) is 0 Å². The molecule has 19 heavy (non-hydrogen) atoms. The molecule has 1 atom stereocenters. The number of nitrogens with two attached hydrogens (primary N) is 1. The highest BCUT2D eigenvalue weighted by Gasteiger charge is 2.16. The van der Waals surface area contributed by atoms with Gasteiger partial charge in [0.2, 0.25) is 5.91 Å². The number of carboxylic acids is 1. The summed E-state index contributed by atoms with van der Waals surface area (Å²) in [6, 6.07) is 8.95. The molecule has 0 bridgehead atoms. The van der Waals surface area contributed by atoms with E-state index in [9.17, 15) is 9.59 Å². The van der Waals surface area contributed by atoms with Crippen LogP contribution in [0.15, 0.2) is 36.4 Å². The van der Waals surface area contributed by atoms with Crippen LogP contribution in [-0.4, -0.2) is 29.6 Å². The highest BCUT2D eigenvalue weighted by Crippen LogP contribution is 2.01. The van der Waals surface area contributed by atoms with Gasteiger partial charge in [0.1, 0.15) is 6.04 Å². The van der Waals surface area contributed by atoms with Crippen LogP contribution in [0.3, 0.4) is 0 Å². The molecule has 0 aliphatic rings. The van der Waals surface area contributed by atoms with Crippen LogP contribution in [0, 0.1) is 0 Å². The SMILES string of the molecule is NC(=O)CC[C@H](NCC=Cc1ccccc1)C(=O)O. The van der Waals surface area contributed by atoms with Crippen molar-refractivity contribution in [1.82, 2.24) is 5.32 Å². The van der Waals surface area contributed by atoms with E-state index < -0.39 is 17.9 Å². The Morgan fingerprint density at radius 3 is 2.58 bits per heavy atom. The van der Waals surface area contributed by atoms with E-state index in [0.717, 1.165) is 5.56 Å². The average Bonchev–Trinajstić information content (AvgIpc) is 2.38. The molecule has 5 heteroatoms. The van der Waals surface area contributed by atoms with E-state index >= 15 is 0 Å². The zero-order valence-corrected chi connectivity index (χ0v) is 10.6. The fourth-order valence-corrected chi connectivity index (χ4v) is 1.57. The highest BCUT2D eigenvalue weighted by atomic mass is 16.4. The van der Waals surface area contributed by atoms with E-state index in [-0.39, 0.29) is 12.8 Å². The highest BCUT2D eigenvalue weighted by molar-refractivity contribution is 5.77. The molecule has 0 saturated carbocycles. The molecule has 0 radical (unpaired) electrons. The van der Waals surface area contributed by atoms with Crippen LogP contribution in [0.2, 0.25) is 0 Å². The van der Waals surface area contributed by atoms with Gasteiger partial charge >= 0.3 is 5.97 Å². The Hall–Kier alpha value is -2.14. The van der Waals surface area contributed by atoms with Gasteiger partial charge in [0.05, 0.1) is 0 Å². The van der Waals surface area contributed by atoms with E-state index in [2.05, 4.69) is 5.32 Å². The van der Waals surface area contributed by atoms with Crippen molar-refractivity contribution in [3.63, 3.8) is 0 Å². The monoisotopic (exact) mass is 262 g/mol. The van der Waals surface area contributed by atoms with Gasteiger partial charge in [-0.3, -0.25) is 9.59 Å². The molecule has 4 N–H and O–H groups in total. The smallest absolute Gasteiger partial charge is 0.320 e. The Kier molecular flexibility index (Phi) is 6.32. The fraction of sp³-hybridized carbons (Fsp3) is 0.286. The maximum absolute atomic E-state index is 10.9. The fourth-order valence-electron chi connectivity index (χ4n) is 1.57. The normalized spacial score (nSPS) is 12.4. The van der Waals surface area contributed by atoms with Gasteiger partial charge in [-0.25, -0.2) is 0 Å². The minimum Gasteiger partial charge on any atom is -0.480 e. The Morgan fingerprint density at radius 1 is 1.32 bits per heavy atom. The topological polar surface area (TPSA) is 92.4 Å². The third kappa shape index (κ3) is 6.38. The molecule has 0 spiro atoms. The quantitative estimate of drug-likeness (QED) is 0.652. The average molecular weight is 262 g/mol. The first-order chi connectivity index (χ1) is 9.09. The van der Waals surface area contributed by atoms with E-state index in [1.165, 1.54) is 0 Å². The second kappa shape index (κ2) is 8.05. The molecule has 0 heterocycles. The molecule has 102 valence electrons. The van der Waals surface area contributed by atoms with Crippen LogP contribution < -0.4 is 11.1 Å². The van der Waals surface area contributed by atoms with Crippen molar-refractivity contribution in [1.29, 1.82) is 0 Å². The number of rotatable bonds is 8. The molecule has 1 amide bonds. The Bertz CT molecular complexity index is 443. The Morgan fingerprint density at radius 2 is 2.00 bits per heavy atom. The number of carboxylic acid groups (broad SMARTS) is 1. The van der Waals surface area contributed by atoms with E-state index in [4.69, 9.17) is 10.8 Å². The van der Waals surface area contributed by atoms with Gasteiger partial charge in [0.15, 0.2) is 0 Å². The van der Waals surface area contributed by atoms with Crippen molar-refractivity contribution < 1.29 is 14.7 Å². The van der Waals surface area contributed by atoms with Crippen LogP contribution >= 0.6 is 0 Å². The third-order valence-corrected chi connectivity index (χ3v) is 2.57. The molecule has 0 fully saturated rings. The summed E-state index contributed by atoms with van der Waals surface area (Å²) in [4.78, 5) is 21.6. The third-order valence-electron chi connectivity index (χ3n) is 2.57. The largest absolute Gasteiger partial charge is 0.480 e. The van der Waals surface area contributed by atoms with Gasteiger partial charge in [0, 0.05) is 13.0 Å². The lowest BCUT2D eigenvalue weighted by Crippen LogP contribution is -2.37. The summed E-state index contributed by atoms with van der Waals surface area (Å²) < 4.78 is 0. The molecule has 5 nitrogen and oxygen atoms in total. The molecular formula is C14H18N2O3. The molecule has 0 aliphatic heterocycles. The molecule has 0 aromatic heterocycles. The number of benzene rings is 1. The number of carbonyl (C=O) groups excluding carboxylic acids is 1. The van der Waals surface area contributed by atoms with Gasteiger partial charge in [0.25, 0.3) is 0 Å². The maximum atomic E-state index is 10.9. The summed E-state index contributed by atoms with van der Waals surface area (Å²) in [5.74, 6) is -1.47. The first-order valence-corrected chi connectivity index (χ1v) is 6.05. The summed E-state index contributed by atoms with van der Waals surface area (Å²) in [5.41, 5.74) is 6.05. The van der Waals surface area contributed by atoms with E-state index in [1.54, 1.807) is 0 Å². The van der Waals surface area contributed by atoms with Crippen molar-refractivity contribution in [2.75, 3.05) is 6.54 Å². The van der Waals surface area contributed by atoms with Crippen LogP contribution in [0.25, 0.3) is 6.08 Å². The number of amides is 1. The predicted molar refractivity (Wildman–Crippen MR) is 73.3 cm³/mol. The molecular weight excluding hydrogens is 244 g/mol. The van der Waals surface area contributed by atoms with Crippen LogP contribution in [0.4, 0.5) is 0 Å². The van der Waals surface area contributed by atoms with Gasteiger partial charge in [-0.05, 0) is 12.0 Å². The van der Waals surface area contributed by atoms with Crippen molar-refractivity contribution in [3.05, 3.63) is 42.0 Å². The van der Waals surface area contributed by atoms with Crippen LogP contribution in [-0.2, 0) is 9.59 Å². The van der Waals surface area contributed by atoms with Crippen molar-refractivity contribution in [2.45, 2.75) is 18.9 Å². The lowest BCUT2D eigenvalue weighted by Gasteiger charge is -2.11. The molecule has 1 aromatic carbocycles. The minimum absolute atomic E-state index is 0.0619. The lowest BCUT2D eigenvalue weighted by molar-refractivity contribution is -0.139. The maximum Gasteiger partial charge on any atom is 0.320 e. The lowest BCUT2D eigenvalue weighted by atomic mass is 10.1. The minimum atomic E-state index is -0.977. The van der Waals surface area contributed by atoms with Gasteiger partial charge in [-0.15, -0.1) is 0 Å². The molecule has 0 aliphatic carbocycles. The van der Waals surface area contributed by atoms with Crippen molar-refractivity contribution >= 4 is 18.0 Å². The zero-order valence-electron chi connectivity index (χ0n) is 10.6. The number of aliphatic carboxylic acids is 1. The van der Waals surface area contributed by atoms with Crippen LogP contribution in [0.5, 0.6) is 0 Å². The second-order valence-electron chi connectivity index (χ2n) is 4.12. The number of primary amides is 1. The summed E-state index contributed by atoms with van der Waals surface area (Å²) in [6.07, 6.45) is 4.01. The van der Waals surface area contributed by atoms with E-state index in [1.807, 2.05) is 42.5 Å². The number of nitrogens with one attached hydrogen (secondary N) is 1. The Labute approximate surface area is 112 Å². The van der Waals surface area contributed by atoms with Crippen LogP contribution in [0.1, 0.15) is 18.4 Å². The molecule has 1 aromatic rings. The predicted octanol–water partition coefficient (Wildman–Crippen LogP) is 1.01. The molecule has 1 rings (SSSR count). The number of hydrogen-bond donors (Lipinski definition) is 3. The first-order valence-electron chi connectivity index (χ1n) is 6.05. The van der Waals surface area contributed by atoms with Gasteiger partial charge < -0.3 is 16.2 Å². The van der Waals surface area contributed by atoms with Gasteiger partial charge in [-0.2, -0.15) is 0 Å². The number of carbonyl (C=O) groups is 2. The summed E-state index contributed by atoms with van der Waals surface area (Å²) >= 11 is 0. The standard InChI is InChI=1S/C14H18N2O3/c15-13(17)9-8-12(14(18)19)16-10-4-7-11-5-2-1-3-6-11/h1-7,12,16H,8-10H2,(H2,15,17)(H,18,19)/t12-/m0/s1. The summed E-state index contributed by atoms with van der Waals surface area (Å²) in [6.45, 7) is 0.421. The van der Waals surface area contributed by atoms with Crippen molar-refractivity contribution in [2.24, 2.45) is 5.73 Å².